The van der Waals surface area contributed by atoms with Crippen molar-refractivity contribution in [2.75, 3.05) is 0 Å². The Morgan fingerprint density at radius 3 is 2.47 bits per heavy atom. The van der Waals surface area contributed by atoms with Gasteiger partial charge in [0.05, 0.1) is 11.8 Å². The molecule has 0 aromatic carbocycles. The van der Waals surface area contributed by atoms with E-state index in [1.807, 2.05) is 6.08 Å². The lowest BCUT2D eigenvalue weighted by Crippen LogP contribution is -2.38. The molecule has 6 atom stereocenters. The van der Waals surface area contributed by atoms with E-state index < -0.39 is 54.7 Å². The summed E-state index contributed by atoms with van der Waals surface area (Å²) in [6, 6.07) is 0. The predicted molar refractivity (Wildman–Crippen MR) is 102 cm³/mol. The van der Waals surface area contributed by atoms with Crippen molar-refractivity contribution in [3.63, 3.8) is 0 Å². The number of fused-ring (bicyclic) bond motifs is 3. The molecule has 1 saturated carbocycles. The van der Waals surface area contributed by atoms with E-state index in [4.69, 9.17) is 23.7 Å². The number of allylic oxidation sites excluding steroid dienone is 3. The third-order valence-corrected chi connectivity index (χ3v) is 6.16. The van der Waals surface area contributed by atoms with Gasteiger partial charge < -0.3 is 23.7 Å². The van der Waals surface area contributed by atoms with Gasteiger partial charge in [-0.05, 0) is 31.1 Å². The first-order valence-corrected chi connectivity index (χ1v) is 10.4. The number of carbonyl (C=O) groups excluding carboxylic acids is 3. The number of hydrogen-bond donors (Lipinski definition) is 0. The maximum Gasteiger partial charge on any atom is 0.336 e. The third kappa shape index (κ3) is 4.03. The number of ether oxygens (including phenoxy) is 5. The van der Waals surface area contributed by atoms with Crippen LogP contribution in [-0.2, 0) is 38.1 Å². The van der Waals surface area contributed by atoms with Gasteiger partial charge in [0.25, 0.3) is 0 Å². The minimum absolute atomic E-state index is 0.250. The van der Waals surface area contributed by atoms with Gasteiger partial charge >= 0.3 is 17.9 Å². The molecule has 3 heterocycles. The van der Waals surface area contributed by atoms with Crippen LogP contribution in [0.2, 0.25) is 0 Å². The Morgan fingerprint density at radius 1 is 1.07 bits per heavy atom. The van der Waals surface area contributed by atoms with Gasteiger partial charge in [0.2, 0.25) is 12.6 Å². The molecule has 0 N–H and O–H groups in total. The van der Waals surface area contributed by atoms with Gasteiger partial charge in [-0.2, -0.15) is 0 Å². The molecule has 0 unspecified atom stereocenters. The Balaban J connectivity index is 1.61. The largest absolute Gasteiger partial charge is 0.455 e. The first-order chi connectivity index (χ1) is 14.1. The summed E-state index contributed by atoms with van der Waals surface area (Å²) in [5, 5.41) is 0. The van der Waals surface area contributed by atoms with Gasteiger partial charge in [0.1, 0.15) is 0 Å². The Bertz CT molecular complexity index is 810. The van der Waals surface area contributed by atoms with E-state index in [0.29, 0.717) is 5.57 Å². The normalized spacial score (nSPS) is 39.5. The van der Waals surface area contributed by atoms with Crippen molar-refractivity contribution in [2.45, 2.75) is 78.4 Å². The van der Waals surface area contributed by atoms with Gasteiger partial charge in [-0.3, -0.25) is 9.59 Å². The molecule has 0 spiro atoms. The molecule has 30 heavy (non-hydrogen) atoms. The molecule has 8 heteroatoms. The molecule has 4 fully saturated rings. The van der Waals surface area contributed by atoms with Crippen molar-refractivity contribution in [3.05, 3.63) is 23.3 Å². The average Bonchev–Trinajstić information content (AvgIpc) is 3.20. The van der Waals surface area contributed by atoms with Gasteiger partial charge in [-0.15, -0.1) is 0 Å². The smallest absolute Gasteiger partial charge is 0.336 e. The van der Waals surface area contributed by atoms with Crippen molar-refractivity contribution < 1.29 is 38.1 Å². The summed E-state index contributed by atoms with van der Waals surface area (Å²) >= 11 is 0. The minimum Gasteiger partial charge on any atom is -0.455 e. The summed E-state index contributed by atoms with van der Waals surface area (Å²) in [7, 11) is 0. The Morgan fingerprint density at radius 2 is 1.80 bits per heavy atom. The summed E-state index contributed by atoms with van der Waals surface area (Å²) in [6.45, 7) is 7.01. The van der Waals surface area contributed by atoms with E-state index in [-0.39, 0.29) is 5.41 Å². The highest BCUT2D eigenvalue weighted by atomic mass is 16.8. The van der Waals surface area contributed by atoms with Crippen LogP contribution in [0.3, 0.4) is 0 Å². The SMILES string of the molecule is CC(=O)O[C@@H]1O[C@@H]2O[C@@H]3OC(=O)/C(=C/C=C4\CCCC(C)(C)C4)[C@@H]3[C@@H]2[C@H]1OC(C)=O. The van der Waals surface area contributed by atoms with Crippen molar-refractivity contribution in [3.8, 4) is 0 Å². The Labute approximate surface area is 175 Å². The second-order valence-corrected chi connectivity index (χ2v) is 9.21. The molecule has 0 aromatic rings. The molecule has 8 nitrogen and oxygen atoms in total. The van der Waals surface area contributed by atoms with Crippen LogP contribution in [0, 0.1) is 17.3 Å². The fourth-order valence-corrected chi connectivity index (χ4v) is 4.99. The van der Waals surface area contributed by atoms with E-state index in [1.54, 1.807) is 6.08 Å². The van der Waals surface area contributed by atoms with E-state index >= 15 is 0 Å². The van der Waals surface area contributed by atoms with Gasteiger partial charge in [0, 0.05) is 19.4 Å². The molecule has 3 aliphatic heterocycles. The van der Waals surface area contributed by atoms with Crippen LogP contribution in [0.5, 0.6) is 0 Å². The van der Waals surface area contributed by atoms with Crippen molar-refractivity contribution in [1.82, 2.24) is 0 Å². The maximum atomic E-state index is 12.5. The zero-order chi connectivity index (χ0) is 21.6. The van der Waals surface area contributed by atoms with Crippen LogP contribution in [0.25, 0.3) is 0 Å². The van der Waals surface area contributed by atoms with Crippen LogP contribution < -0.4 is 0 Å². The molecule has 0 amide bonds. The van der Waals surface area contributed by atoms with Gasteiger partial charge in [-0.1, -0.05) is 31.6 Å². The monoisotopic (exact) mass is 420 g/mol. The third-order valence-electron chi connectivity index (χ3n) is 6.16. The molecule has 4 rings (SSSR count). The summed E-state index contributed by atoms with van der Waals surface area (Å²) in [6.07, 6.45) is 4.53. The second kappa shape index (κ2) is 7.81. The van der Waals surface area contributed by atoms with Crippen LogP contribution in [0.4, 0.5) is 0 Å². The topological polar surface area (TPSA) is 97.4 Å². The molecule has 164 valence electrons. The van der Waals surface area contributed by atoms with Crippen LogP contribution in [0.1, 0.15) is 53.4 Å². The van der Waals surface area contributed by atoms with Crippen molar-refractivity contribution >= 4 is 17.9 Å². The highest BCUT2D eigenvalue weighted by molar-refractivity contribution is 5.92. The van der Waals surface area contributed by atoms with E-state index in [1.165, 1.54) is 25.8 Å². The van der Waals surface area contributed by atoms with Crippen molar-refractivity contribution in [2.24, 2.45) is 17.3 Å². The molecule has 4 aliphatic rings. The van der Waals surface area contributed by atoms with Gasteiger partial charge in [0.15, 0.2) is 12.4 Å². The summed E-state index contributed by atoms with van der Waals surface area (Å²) in [5.41, 5.74) is 2.01. The second-order valence-electron chi connectivity index (χ2n) is 9.21. The maximum absolute atomic E-state index is 12.5. The Hall–Kier alpha value is -2.19. The molecule has 0 radical (unpaired) electrons. The highest BCUT2D eigenvalue weighted by Crippen LogP contribution is 2.51. The van der Waals surface area contributed by atoms with Crippen LogP contribution in [0.15, 0.2) is 23.3 Å². The first-order valence-electron chi connectivity index (χ1n) is 10.4. The summed E-state index contributed by atoms with van der Waals surface area (Å²) in [5.74, 6) is -2.53. The molecular formula is C22H28O8. The molecule has 1 aliphatic carbocycles. The molecular weight excluding hydrogens is 392 g/mol. The number of hydrogen-bond acceptors (Lipinski definition) is 8. The number of rotatable bonds is 3. The summed E-state index contributed by atoms with van der Waals surface area (Å²) in [4.78, 5) is 35.6. The number of esters is 3. The highest BCUT2D eigenvalue weighted by Gasteiger charge is 2.64. The van der Waals surface area contributed by atoms with Gasteiger partial charge in [-0.25, -0.2) is 4.79 Å². The molecule has 0 bridgehead atoms. The quantitative estimate of drug-likeness (QED) is 0.391. The molecule has 0 aromatic heterocycles. The zero-order valence-electron chi connectivity index (χ0n) is 17.7. The average molecular weight is 420 g/mol. The van der Waals surface area contributed by atoms with E-state index in [0.717, 1.165) is 19.3 Å². The van der Waals surface area contributed by atoms with Crippen molar-refractivity contribution in [1.29, 1.82) is 0 Å². The Kier molecular flexibility index (Phi) is 5.48. The lowest BCUT2D eigenvalue weighted by atomic mass is 9.75. The lowest BCUT2D eigenvalue weighted by Gasteiger charge is -2.31. The zero-order valence-corrected chi connectivity index (χ0v) is 17.7. The fraction of sp³-hybridized carbons (Fsp3) is 0.682. The summed E-state index contributed by atoms with van der Waals surface area (Å²) < 4.78 is 27.4. The standard InChI is InChI=1S/C22H28O8/c1-11(23)26-17-16-15-14(8-7-13-6-5-9-22(3,4)10-13)18(25)28-19(15)29-20(16)30-21(17)27-12(2)24/h7-8,15-17,19-21H,5-6,9-10H2,1-4H3/b13-7+,14-8+/t15-,16-,17-,19+,20+,21-/m1/s1. The lowest BCUT2D eigenvalue weighted by molar-refractivity contribution is -0.244. The molecule has 3 saturated heterocycles. The predicted octanol–water partition coefficient (Wildman–Crippen LogP) is 2.76. The van der Waals surface area contributed by atoms with Crippen LogP contribution in [-0.4, -0.2) is 42.9 Å². The van der Waals surface area contributed by atoms with E-state index in [2.05, 4.69) is 13.8 Å². The van der Waals surface area contributed by atoms with Crippen LogP contribution >= 0.6 is 0 Å². The minimum atomic E-state index is -1.09. The fourth-order valence-electron chi connectivity index (χ4n) is 4.99. The first kappa shape index (κ1) is 21.1. The van der Waals surface area contributed by atoms with E-state index in [9.17, 15) is 14.4 Å². The number of carbonyl (C=O) groups is 3.